The fourth-order valence-corrected chi connectivity index (χ4v) is 3.51. The zero-order valence-electron chi connectivity index (χ0n) is 14.7. The molecule has 4 atom stereocenters. The summed E-state index contributed by atoms with van der Waals surface area (Å²) in [4.78, 5) is 4.66. The highest BCUT2D eigenvalue weighted by molar-refractivity contribution is 4.81. The smallest absolute Gasteiger partial charge is 0.0793 e. The molecule has 2 saturated heterocycles. The number of likely N-dealkylation sites (tertiary alicyclic amines) is 1. The summed E-state index contributed by atoms with van der Waals surface area (Å²) in [5.41, 5.74) is 0. The summed E-state index contributed by atoms with van der Waals surface area (Å²) < 4.78 is 11.6. The van der Waals surface area contributed by atoms with Gasteiger partial charge in [-0.25, -0.2) is 0 Å². The molecule has 0 aliphatic carbocycles. The summed E-state index contributed by atoms with van der Waals surface area (Å²) >= 11 is 0. The fraction of sp³-hybridized carbons (Fsp3) is 1.00. The highest BCUT2D eigenvalue weighted by atomic mass is 16.5. The average molecular weight is 314 g/mol. The zero-order valence-corrected chi connectivity index (χ0v) is 14.7. The maximum Gasteiger partial charge on any atom is 0.0793 e. The Morgan fingerprint density at radius 2 is 1.73 bits per heavy atom. The Morgan fingerprint density at radius 3 is 2.36 bits per heavy atom. The van der Waals surface area contributed by atoms with Crippen molar-refractivity contribution in [2.24, 2.45) is 5.92 Å². The molecule has 2 aliphatic rings. The minimum Gasteiger partial charge on any atom is -0.390 e. The van der Waals surface area contributed by atoms with Crippen LogP contribution < -0.4 is 0 Å². The minimum absolute atomic E-state index is 0.261. The van der Waals surface area contributed by atoms with E-state index in [1.807, 2.05) is 0 Å². The Bertz CT molecular complexity index is 317. The van der Waals surface area contributed by atoms with Gasteiger partial charge in [-0.05, 0) is 26.2 Å². The van der Waals surface area contributed by atoms with E-state index in [1.54, 1.807) is 0 Å². The molecule has 2 aliphatic heterocycles. The molecule has 0 bridgehead atoms. The number of morpholine rings is 1. The van der Waals surface area contributed by atoms with E-state index in [2.05, 4.69) is 37.5 Å². The standard InChI is InChI=1S/C17H34N2O3/c1-13(2)12-21-17-5-6-18(11-17)9-16(20)10-19-7-14(3)22-15(4)8-19/h13-17,20H,5-12H2,1-4H3. The summed E-state index contributed by atoms with van der Waals surface area (Å²) in [5.74, 6) is 0.588. The van der Waals surface area contributed by atoms with Crippen LogP contribution in [0.5, 0.6) is 0 Å². The topological polar surface area (TPSA) is 45.2 Å². The molecule has 22 heavy (non-hydrogen) atoms. The van der Waals surface area contributed by atoms with Gasteiger partial charge in [0.05, 0.1) is 24.4 Å². The molecule has 0 radical (unpaired) electrons. The third-order valence-corrected chi connectivity index (χ3v) is 4.33. The van der Waals surface area contributed by atoms with Gasteiger partial charge in [-0.15, -0.1) is 0 Å². The Morgan fingerprint density at radius 1 is 1.09 bits per heavy atom. The molecule has 1 N–H and O–H groups in total. The lowest BCUT2D eigenvalue weighted by molar-refractivity contribution is -0.0778. The first-order valence-electron chi connectivity index (χ1n) is 8.82. The van der Waals surface area contributed by atoms with Gasteiger partial charge < -0.3 is 14.6 Å². The van der Waals surface area contributed by atoms with Crippen LogP contribution in [0.25, 0.3) is 0 Å². The molecular weight excluding hydrogens is 280 g/mol. The van der Waals surface area contributed by atoms with Crippen LogP contribution in [0.1, 0.15) is 34.1 Å². The molecule has 0 aromatic rings. The van der Waals surface area contributed by atoms with Crippen molar-refractivity contribution >= 4 is 0 Å². The largest absolute Gasteiger partial charge is 0.390 e. The summed E-state index contributed by atoms with van der Waals surface area (Å²) in [6.07, 6.45) is 1.66. The van der Waals surface area contributed by atoms with Gasteiger partial charge in [-0.2, -0.15) is 0 Å². The van der Waals surface area contributed by atoms with Crippen LogP contribution in [0.15, 0.2) is 0 Å². The van der Waals surface area contributed by atoms with Gasteiger partial charge in [0.2, 0.25) is 0 Å². The minimum atomic E-state index is -0.290. The van der Waals surface area contributed by atoms with Crippen LogP contribution in [-0.4, -0.2) is 85.2 Å². The molecule has 0 aromatic carbocycles. The number of hydrogen-bond acceptors (Lipinski definition) is 5. The van der Waals surface area contributed by atoms with Crippen LogP contribution in [0.3, 0.4) is 0 Å². The van der Waals surface area contributed by atoms with Crippen molar-refractivity contribution in [1.82, 2.24) is 9.80 Å². The average Bonchev–Trinajstić information content (AvgIpc) is 2.82. The second-order valence-electron chi connectivity index (χ2n) is 7.53. The highest BCUT2D eigenvalue weighted by Gasteiger charge is 2.27. The van der Waals surface area contributed by atoms with Crippen molar-refractivity contribution in [3.63, 3.8) is 0 Å². The first-order valence-corrected chi connectivity index (χ1v) is 8.82. The van der Waals surface area contributed by atoms with Gasteiger partial charge in [0, 0.05) is 45.9 Å². The van der Waals surface area contributed by atoms with Crippen LogP contribution in [0, 0.1) is 5.92 Å². The Kier molecular flexibility index (Phi) is 7.09. The number of nitrogens with zero attached hydrogens (tertiary/aromatic N) is 2. The van der Waals surface area contributed by atoms with Crippen LogP contribution in [-0.2, 0) is 9.47 Å². The lowest BCUT2D eigenvalue weighted by atomic mass is 10.2. The van der Waals surface area contributed by atoms with E-state index < -0.39 is 0 Å². The van der Waals surface area contributed by atoms with Gasteiger partial charge in [-0.3, -0.25) is 9.80 Å². The van der Waals surface area contributed by atoms with Crippen molar-refractivity contribution in [2.75, 3.05) is 45.9 Å². The Labute approximate surface area is 135 Å². The van der Waals surface area contributed by atoms with E-state index in [1.165, 1.54) is 0 Å². The van der Waals surface area contributed by atoms with E-state index >= 15 is 0 Å². The predicted molar refractivity (Wildman–Crippen MR) is 88.1 cm³/mol. The zero-order chi connectivity index (χ0) is 16.1. The normalized spacial score (nSPS) is 32.7. The molecule has 130 valence electrons. The first kappa shape index (κ1) is 18.1. The van der Waals surface area contributed by atoms with Crippen molar-refractivity contribution in [2.45, 2.75) is 58.5 Å². The second kappa shape index (κ2) is 8.60. The van der Waals surface area contributed by atoms with Crippen LogP contribution in [0.2, 0.25) is 0 Å². The number of ether oxygens (including phenoxy) is 2. The molecule has 5 nitrogen and oxygen atoms in total. The summed E-state index contributed by atoms with van der Waals surface area (Å²) in [6, 6.07) is 0. The quantitative estimate of drug-likeness (QED) is 0.765. The van der Waals surface area contributed by atoms with Crippen molar-refractivity contribution in [1.29, 1.82) is 0 Å². The van der Waals surface area contributed by atoms with Gasteiger partial charge in [0.15, 0.2) is 0 Å². The van der Waals surface area contributed by atoms with Crippen molar-refractivity contribution in [3.8, 4) is 0 Å². The first-order chi connectivity index (χ1) is 10.4. The number of aliphatic hydroxyl groups is 1. The third kappa shape index (κ3) is 6.13. The van der Waals surface area contributed by atoms with E-state index in [9.17, 15) is 5.11 Å². The van der Waals surface area contributed by atoms with E-state index in [4.69, 9.17) is 9.47 Å². The van der Waals surface area contributed by atoms with E-state index in [0.29, 0.717) is 12.0 Å². The fourth-order valence-electron chi connectivity index (χ4n) is 3.51. The van der Waals surface area contributed by atoms with Crippen molar-refractivity contribution < 1.29 is 14.6 Å². The lowest BCUT2D eigenvalue weighted by Gasteiger charge is -2.36. The third-order valence-electron chi connectivity index (χ3n) is 4.33. The van der Waals surface area contributed by atoms with Gasteiger partial charge in [0.25, 0.3) is 0 Å². The van der Waals surface area contributed by atoms with Crippen LogP contribution in [0.4, 0.5) is 0 Å². The molecule has 5 heteroatoms. The molecule has 2 rings (SSSR count). The molecule has 2 heterocycles. The number of hydrogen-bond donors (Lipinski definition) is 1. The Hall–Kier alpha value is -0.200. The summed E-state index contributed by atoms with van der Waals surface area (Å²) in [6.45, 7) is 14.7. The number of aliphatic hydroxyl groups excluding tert-OH is 1. The summed E-state index contributed by atoms with van der Waals surface area (Å²) in [5, 5.41) is 10.4. The Balaban J connectivity index is 1.66. The molecule has 0 amide bonds. The molecule has 4 unspecified atom stereocenters. The molecule has 0 spiro atoms. The monoisotopic (exact) mass is 314 g/mol. The predicted octanol–water partition coefficient (Wildman–Crippen LogP) is 1.20. The van der Waals surface area contributed by atoms with Gasteiger partial charge in [0.1, 0.15) is 0 Å². The lowest BCUT2D eigenvalue weighted by Crippen LogP contribution is -2.49. The number of rotatable bonds is 7. The maximum absolute atomic E-state index is 10.4. The number of β-amino-alcohol motifs (C(OH)–C–C–N with tert-alkyl or cyclic N) is 1. The molecule has 0 aromatic heterocycles. The maximum atomic E-state index is 10.4. The van der Waals surface area contributed by atoms with E-state index in [0.717, 1.165) is 52.3 Å². The van der Waals surface area contributed by atoms with Crippen molar-refractivity contribution in [3.05, 3.63) is 0 Å². The van der Waals surface area contributed by atoms with Gasteiger partial charge in [-0.1, -0.05) is 13.8 Å². The van der Waals surface area contributed by atoms with E-state index in [-0.39, 0.29) is 18.3 Å². The molecular formula is C17H34N2O3. The molecule has 0 saturated carbocycles. The summed E-state index contributed by atoms with van der Waals surface area (Å²) in [7, 11) is 0. The van der Waals surface area contributed by atoms with Gasteiger partial charge >= 0.3 is 0 Å². The van der Waals surface area contributed by atoms with Crippen LogP contribution >= 0.6 is 0 Å². The second-order valence-corrected chi connectivity index (χ2v) is 7.53. The SMILES string of the molecule is CC(C)COC1CCN(CC(O)CN2CC(C)OC(C)C2)C1. The highest BCUT2D eigenvalue weighted by Crippen LogP contribution is 2.15. The molecule has 2 fully saturated rings.